The van der Waals surface area contributed by atoms with Crippen molar-refractivity contribution >= 4 is 35.5 Å². The normalized spacial score (nSPS) is 25.2. The van der Waals surface area contributed by atoms with Gasteiger partial charge in [-0.2, -0.15) is 4.98 Å². The molecule has 7 nitrogen and oxygen atoms in total. The number of anilines is 2. The third-order valence-corrected chi connectivity index (χ3v) is 5.18. The fourth-order valence-electron chi connectivity index (χ4n) is 3.29. The van der Waals surface area contributed by atoms with Crippen molar-refractivity contribution in [1.82, 2.24) is 9.97 Å². The van der Waals surface area contributed by atoms with Gasteiger partial charge in [0.2, 0.25) is 5.95 Å². The molecule has 0 saturated heterocycles. The van der Waals surface area contributed by atoms with E-state index in [1.807, 2.05) is 37.3 Å². The van der Waals surface area contributed by atoms with Crippen LogP contribution in [0.3, 0.4) is 0 Å². The summed E-state index contributed by atoms with van der Waals surface area (Å²) in [6.07, 6.45) is 2.03. The number of benzene rings is 1. The van der Waals surface area contributed by atoms with E-state index < -0.39 is 24.2 Å². The number of hydrogen-bond donors (Lipinski definition) is 5. The molecular formula is C19H23ClN4O3. The molecule has 0 radical (unpaired) electrons. The van der Waals surface area contributed by atoms with Crippen molar-refractivity contribution in [3.05, 3.63) is 46.1 Å². The van der Waals surface area contributed by atoms with E-state index in [9.17, 15) is 15.3 Å². The van der Waals surface area contributed by atoms with Gasteiger partial charge in [0.05, 0.1) is 17.7 Å². The fourth-order valence-corrected chi connectivity index (χ4v) is 3.53. The summed E-state index contributed by atoms with van der Waals surface area (Å²) in [6, 6.07) is 7.40. The van der Waals surface area contributed by atoms with Crippen molar-refractivity contribution in [1.29, 1.82) is 0 Å². The van der Waals surface area contributed by atoms with Gasteiger partial charge in [0.25, 0.3) is 0 Å². The molecule has 8 heteroatoms. The third-order valence-electron chi connectivity index (χ3n) is 4.89. The van der Waals surface area contributed by atoms with Gasteiger partial charge >= 0.3 is 0 Å². The maximum atomic E-state index is 10.2. The Morgan fingerprint density at radius 2 is 1.96 bits per heavy atom. The van der Waals surface area contributed by atoms with Gasteiger partial charge in [0.15, 0.2) is 0 Å². The lowest BCUT2D eigenvalue weighted by atomic mass is 10.1. The Balaban J connectivity index is 1.91. The molecule has 1 fully saturated rings. The van der Waals surface area contributed by atoms with Crippen LogP contribution in [0.5, 0.6) is 0 Å². The maximum Gasteiger partial charge on any atom is 0.223 e. The molecule has 0 amide bonds. The molecule has 1 aromatic heterocycles. The molecule has 4 atom stereocenters. The highest BCUT2D eigenvalue weighted by Gasteiger charge is 2.41. The summed E-state index contributed by atoms with van der Waals surface area (Å²) in [6.45, 7) is 1.80. The molecule has 1 aliphatic rings. The van der Waals surface area contributed by atoms with Gasteiger partial charge in [-0.1, -0.05) is 41.9 Å². The molecule has 1 heterocycles. The smallest absolute Gasteiger partial charge is 0.223 e. The molecule has 0 unspecified atom stereocenters. The summed E-state index contributed by atoms with van der Waals surface area (Å²) in [4.78, 5) is 8.20. The van der Waals surface area contributed by atoms with Crippen LogP contribution in [0.2, 0.25) is 5.15 Å². The van der Waals surface area contributed by atoms with E-state index in [0.717, 1.165) is 11.1 Å². The molecule has 1 aliphatic carbocycles. The second-order valence-electron chi connectivity index (χ2n) is 6.74. The molecule has 0 spiro atoms. The highest BCUT2D eigenvalue weighted by Crippen LogP contribution is 2.31. The first kappa shape index (κ1) is 19.6. The van der Waals surface area contributed by atoms with Gasteiger partial charge in [0.1, 0.15) is 17.1 Å². The van der Waals surface area contributed by atoms with Gasteiger partial charge < -0.3 is 26.4 Å². The van der Waals surface area contributed by atoms with Crippen molar-refractivity contribution in [2.24, 2.45) is 5.92 Å². The molecule has 1 saturated carbocycles. The van der Waals surface area contributed by atoms with E-state index in [1.165, 1.54) is 0 Å². The monoisotopic (exact) mass is 390 g/mol. The number of aromatic nitrogens is 2. The number of rotatable bonds is 5. The lowest BCUT2D eigenvalue weighted by Gasteiger charge is -2.20. The largest absolute Gasteiger partial charge is 0.396 e. The molecule has 27 heavy (non-hydrogen) atoms. The van der Waals surface area contributed by atoms with Gasteiger partial charge in [-0.3, -0.25) is 0 Å². The van der Waals surface area contributed by atoms with E-state index in [0.29, 0.717) is 17.8 Å². The maximum absolute atomic E-state index is 10.2. The van der Waals surface area contributed by atoms with E-state index in [-0.39, 0.29) is 17.7 Å². The van der Waals surface area contributed by atoms with E-state index in [4.69, 9.17) is 17.3 Å². The number of aliphatic hydroxyl groups is 3. The Hall–Kier alpha value is -2.19. The first-order valence-corrected chi connectivity index (χ1v) is 9.08. The van der Waals surface area contributed by atoms with Crippen LogP contribution in [0.1, 0.15) is 23.1 Å². The number of nitrogens with one attached hydrogen (secondary N) is 1. The van der Waals surface area contributed by atoms with E-state index in [2.05, 4.69) is 15.3 Å². The highest BCUT2D eigenvalue weighted by molar-refractivity contribution is 6.31. The van der Waals surface area contributed by atoms with Crippen molar-refractivity contribution < 1.29 is 15.3 Å². The van der Waals surface area contributed by atoms with Crippen molar-refractivity contribution in [2.45, 2.75) is 31.6 Å². The second kappa shape index (κ2) is 8.22. The summed E-state index contributed by atoms with van der Waals surface area (Å²) in [5.41, 5.74) is 8.39. The molecule has 3 rings (SSSR count). The molecule has 144 valence electrons. The van der Waals surface area contributed by atoms with Crippen LogP contribution in [-0.2, 0) is 0 Å². The number of hydrogen-bond acceptors (Lipinski definition) is 7. The number of halogens is 1. The van der Waals surface area contributed by atoms with Crippen LogP contribution < -0.4 is 11.1 Å². The highest BCUT2D eigenvalue weighted by atomic mass is 35.5. The first-order valence-electron chi connectivity index (χ1n) is 8.71. The summed E-state index contributed by atoms with van der Waals surface area (Å²) < 4.78 is 0. The van der Waals surface area contributed by atoms with Crippen LogP contribution in [0.4, 0.5) is 11.8 Å². The standard InChI is InChI=1S/C19H23ClN4O3/c1-10-4-2-3-5-11(10)6-7-13-17(20)23-19(21)24-18(13)22-14-8-12(9-25)15(26)16(14)27/h2-7,12,14-16,25-27H,8-9H2,1H3,(H3,21,22,23,24)/t12-,14-,15-,16+/m1/s1. The average Bonchev–Trinajstić information content (AvgIpc) is 2.90. The first-order chi connectivity index (χ1) is 12.9. The minimum absolute atomic E-state index is 0.00212. The lowest BCUT2D eigenvalue weighted by Crippen LogP contribution is -2.35. The van der Waals surface area contributed by atoms with Crippen molar-refractivity contribution in [3.8, 4) is 0 Å². The Morgan fingerprint density at radius 3 is 2.63 bits per heavy atom. The van der Waals surface area contributed by atoms with Gasteiger partial charge in [-0.15, -0.1) is 0 Å². The molecule has 0 bridgehead atoms. The van der Waals surface area contributed by atoms with E-state index in [1.54, 1.807) is 6.08 Å². The van der Waals surface area contributed by atoms with Crippen LogP contribution in [0.25, 0.3) is 12.2 Å². The number of aryl methyl sites for hydroxylation is 1. The molecule has 6 N–H and O–H groups in total. The zero-order valence-corrected chi connectivity index (χ0v) is 15.6. The average molecular weight is 391 g/mol. The fraction of sp³-hybridized carbons (Fsp3) is 0.368. The summed E-state index contributed by atoms with van der Waals surface area (Å²) in [5.74, 6) is -0.0347. The predicted octanol–water partition coefficient (Wildman–Crippen LogP) is 1.71. The van der Waals surface area contributed by atoms with E-state index >= 15 is 0 Å². The zero-order chi connectivity index (χ0) is 19.6. The molecule has 2 aromatic rings. The SMILES string of the molecule is Cc1ccccc1C=Cc1c(Cl)nc(N)nc1N[C@@H]1C[C@H](CO)[C@@H](O)[C@H]1O. The molecule has 0 aliphatic heterocycles. The van der Waals surface area contributed by atoms with Crippen molar-refractivity contribution in [3.63, 3.8) is 0 Å². The Kier molecular flexibility index (Phi) is 5.96. The lowest BCUT2D eigenvalue weighted by molar-refractivity contribution is 0.00445. The second-order valence-corrected chi connectivity index (χ2v) is 7.09. The van der Waals surface area contributed by atoms with Crippen molar-refractivity contribution in [2.75, 3.05) is 17.7 Å². The summed E-state index contributed by atoms with van der Waals surface area (Å²) in [5, 5.41) is 32.9. The quantitative estimate of drug-likeness (QED) is 0.492. The minimum Gasteiger partial charge on any atom is -0.396 e. The Labute approximate surface area is 162 Å². The Morgan fingerprint density at radius 1 is 1.22 bits per heavy atom. The zero-order valence-electron chi connectivity index (χ0n) is 14.9. The Bertz CT molecular complexity index is 846. The van der Waals surface area contributed by atoms with Gasteiger partial charge in [0, 0.05) is 12.5 Å². The number of nitrogens with zero attached hydrogens (tertiary/aromatic N) is 2. The number of nitrogens with two attached hydrogens (primary N) is 1. The topological polar surface area (TPSA) is 125 Å². The van der Waals surface area contributed by atoms with Gasteiger partial charge in [-0.05, 0) is 30.5 Å². The number of aliphatic hydroxyl groups excluding tert-OH is 3. The predicted molar refractivity (Wildman–Crippen MR) is 106 cm³/mol. The summed E-state index contributed by atoms with van der Waals surface area (Å²) in [7, 11) is 0. The molecule has 1 aromatic carbocycles. The van der Waals surface area contributed by atoms with Gasteiger partial charge in [-0.25, -0.2) is 4.98 Å². The number of nitrogen functional groups attached to an aromatic ring is 1. The minimum atomic E-state index is -1.04. The third kappa shape index (κ3) is 4.22. The van der Waals surface area contributed by atoms with Crippen LogP contribution in [0.15, 0.2) is 24.3 Å². The van der Waals surface area contributed by atoms with Crippen LogP contribution in [-0.4, -0.2) is 50.1 Å². The molecular weight excluding hydrogens is 368 g/mol. The summed E-state index contributed by atoms with van der Waals surface area (Å²) >= 11 is 6.27. The van der Waals surface area contributed by atoms with Crippen LogP contribution in [0, 0.1) is 12.8 Å². The van der Waals surface area contributed by atoms with Crippen LogP contribution >= 0.6 is 11.6 Å².